The van der Waals surface area contributed by atoms with Crippen molar-refractivity contribution in [3.05, 3.63) is 53.4 Å². The Morgan fingerprint density at radius 2 is 1.74 bits per heavy atom. The Morgan fingerprint density at radius 1 is 1.04 bits per heavy atom. The predicted octanol–water partition coefficient (Wildman–Crippen LogP) is 5.20. The van der Waals surface area contributed by atoms with Gasteiger partial charge in [-0.3, -0.25) is 0 Å². The van der Waals surface area contributed by atoms with E-state index in [4.69, 9.17) is 16.0 Å². The van der Waals surface area contributed by atoms with Crippen molar-refractivity contribution in [3.63, 3.8) is 0 Å². The number of hydrogen-bond donors (Lipinski definition) is 2. The lowest BCUT2D eigenvalue weighted by atomic mass is 9.96. The van der Waals surface area contributed by atoms with Crippen LogP contribution in [0.25, 0.3) is 22.6 Å². The third kappa shape index (κ3) is 2.90. The summed E-state index contributed by atoms with van der Waals surface area (Å²) in [5, 5.41) is 20.8. The molecule has 0 amide bonds. The molecule has 1 aromatic heterocycles. The van der Waals surface area contributed by atoms with Crippen molar-refractivity contribution in [1.29, 1.82) is 0 Å². The molecule has 5 heteroatoms. The fraction of sp³-hybridized carbons (Fsp3) is 0.167. The molecule has 1 heterocycles. The molecule has 0 fully saturated rings. The van der Waals surface area contributed by atoms with E-state index < -0.39 is 0 Å². The molecule has 23 heavy (non-hydrogen) atoms. The van der Waals surface area contributed by atoms with Gasteiger partial charge in [-0.25, -0.2) is 4.98 Å². The van der Waals surface area contributed by atoms with Crippen LogP contribution in [0.3, 0.4) is 0 Å². The maximum Gasteiger partial charge on any atom is 0.182 e. The van der Waals surface area contributed by atoms with E-state index in [1.165, 1.54) is 12.5 Å². The van der Waals surface area contributed by atoms with E-state index in [-0.39, 0.29) is 17.4 Å². The first-order valence-corrected chi connectivity index (χ1v) is 7.61. The molecule has 2 aromatic carbocycles. The number of phenolic OH excluding ortho intramolecular Hbond substituents is 2. The second-order valence-corrected chi connectivity index (χ2v) is 6.06. The van der Waals surface area contributed by atoms with E-state index in [9.17, 15) is 10.2 Å². The zero-order valence-corrected chi connectivity index (χ0v) is 13.5. The maximum atomic E-state index is 10.2. The molecule has 3 rings (SSSR count). The number of nitrogens with zero attached hydrogens (tertiary/aromatic N) is 1. The number of phenols is 2. The molecule has 0 radical (unpaired) electrons. The molecule has 0 bridgehead atoms. The molecule has 0 saturated carbocycles. The van der Waals surface area contributed by atoms with Crippen LogP contribution in [-0.2, 0) is 0 Å². The third-order valence-corrected chi connectivity index (χ3v) is 3.95. The van der Waals surface area contributed by atoms with Gasteiger partial charge in [0, 0.05) is 22.2 Å². The van der Waals surface area contributed by atoms with Crippen molar-refractivity contribution in [3.8, 4) is 34.1 Å². The summed E-state index contributed by atoms with van der Waals surface area (Å²) < 4.78 is 5.50. The van der Waals surface area contributed by atoms with Crippen LogP contribution in [0.4, 0.5) is 0 Å². The summed E-state index contributed by atoms with van der Waals surface area (Å²) in [4.78, 5) is 4.23. The Hall–Kier alpha value is -2.46. The van der Waals surface area contributed by atoms with Crippen LogP contribution < -0.4 is 0 Å². The molecule has 0 unspecified atom stereocenters. The van der Waals surface area contributed by atoms with Crippen molar-refractivity contribution < 1.29 is 14.6 Å². The molecule has 0 spiro atoms. The van der Waals surface area contributed by atoms with Crippen LogP contribution in [0.1, 0.15) is 25.3 Å². The SMILES string of the molecule is CC(C)c1cc(-c2ncoc2-c2ccc(Cl)cc2)c(O)cc1O. The van der Waals surface area contributed by atoms with Gasteiger partial charge in [0.2, 0.25) is 0 Å². The highest BCUT2D eigenvalue weighted by molar-refractivity contribution is 6.30. The first kappa shape index (κ1) is 15.4. The number of aromatic nitrogens is 1. The fourth-order valence-corrected chi connectivity index (χ4v) is 2.62. The highest BCUT2D eigenvalue weighted by Crippen LogP contribution is 2.41. The Labute approximate surface area is 139 Å². The quantitative estimate of drug-likeness (QED) is 0.693. The second kappa shape index (κ2) is 5.97. The molecule has 2 N–H and O–H groups in total. The standard InChI is InChI=1S/C18H16ClNO3/c1-10(2)13-7-14(16(22)8-15(13)21)17-18(23-9-20-17)11-3-5-12(19)6-4-11/h3-10,21-22H,1-2H3. The lowest BCUT2D eigenvalue weighted by Gasteiger charge is -2.12. The first-order valence-electron chi connectivity index (χ1n) is 7.23. The Kier molecular flexibility index (Phi) is 4.01. The second-order valence-electron chi connectivity index (χ2n) is 5.62. The van der Waals surface area contributed by atoms with Crippen molar-refractivity contribution in [2.24, 2.45) is 0 Å². The molecule has 0 aliphatic rings. The average Bonchev–Trinajstić information content (AvgIpc) is 2.97. The van der Waals surface area contributed by atoms with Crippen LogP contribution >= 0.6 is 11.6 Å². The average molecular weight is 330 g/mol. The minimum atomic E-state index is -0.0454. The van der Waals surface area contributed by atoms with E-state index in [0.717, 1.165) is 11.1 Å². The van der Waals surface area contributed by atoms with Gasteiger partial charge in [-0.05, 0) is 41.8 Å². The van der Waals surface area contributed by atoms with Gasteiger partial charge in [-0.15, -0.1) is 0 Å². The number of oxazole rings is 1. The lowest BCUT2D eigenvalue weighted by Crippen LogP contribution is -1.91. The monoisotopic (exact) mass is 329 g/mol. The smallest absolute Gasteiger partial charge is 0.182 e. The number of hydrogen-bond acceptors (Lipinski definition) is 4. The summed E-state index contributed by atoms with van der Waals surface area (Å²) in [5.41, 5.74) is 2.58. The minimum Gasteiger partial charge on any atom is -0.508 e. The van der Waals surface area contributed by atoms with Gasteiger partial charge in [0.05, 0.1) is 0 Å². The zero-order valence-electron chi connectivity index (χ0n) is 12.7. The molecule has 0 aliphatic heterocycles. The van der Waals surface area contributed by atoms with E-state index in [2.05, 4.69) is 4.98 Å². The Balaban J connectivity index is 2.15. The van der Waals surface area contributed by atoms with Crippen molar-refractivity contribution in [1.82, 2.24) is 4.98 Å². The molecular weight excluding hydrogens is 314 g/mol. The molecule has 0 aliphatic carbocycles. The zero-order chi connectivity index (χ0) is 16.6. The van der Waals surface area contributed by atoms with Crippen molar-refractivity contribution in [2.45, 2.75) is 19.8 Å². The minimum absolute atomic E-state index is 0.0454. The summed E-state index contributed by atoms with van der Waals surface area (Å²) in [6, 6.07) is 10.3. The molecular formula is C18H16ClNO3. The van der Waals surface area contributed by atoms with Crippen LogP contribution in [0, 0.1) is 0 Å². The Morgan fingerprint density at radius 3 is 2.39 bits per heavy atom. The fourth-order valence-electron chi connectivity index (χ4n) is 2.49. The topological polar surface area (TPSA) is 66.5 Å². The number of rotatable bonds is 3. The van der Waals surface area contributed by atoms with Gasteiger partial charge >= 0.3 is 0 Å². The van der Waals surface area contributed by atoms with Crippen LogP contribution in [0.5, 0.6) is 11.5 Å². The van der Waals surface area contributed by atoms with Gasteiger partial charge < -0.3 is 14.6 Å². The highest BCUT2D eigenvalue weighted by Gasteiger charge is 2.19. The van der Waals surface area contributed by atoms with Crippen LogP contribution in [0.15, 0.2) is 47.2 Å². The van der Waals surface area contributed by atoms with Gasteiger partial charge in [0.1, 0.15) is 17.2 Å². The predicted molar refractivity (Wildman–Crippen MR) is 89.8 cm³/mol. The summed E-state index contributed by atoms with van der Waals surface area (Å²) in [7, 11) is 0. The number of halogens is 1. The van der Waals surface area contributed by atoms with E-state index in [1.54, 1.807) is 18.2 Å². The summed E-state index contributed by atoms with van der Waals surface area (Å²) >= 11 is 5.91. The molecule has 0 saturated heterocycles. The van der Waals surface area contributed by atoms with Gasteiger partial charge in [0.25, 0.3) is 0 Å². The van der Waals surface area contributed by atoms with E-state index in [1.807, 2.05) is 26.0 Å². The summed E-state index contributed by atoms with van der Waals surface area (Å²) in [6.07, 6.45) is 1.33. The molecule has 3 aromatic rings. The first-order chi connectivity index (χ1) is 11.0. The van der Waals surface area contributed by atoms with Crippen molar-refractivity contribution >= 4 is 11.6 Å². The summed E-state index contributed by atoms with van der Waals surface area (Å²) in [6.45, 7) is 3.94. The van der Waals surface area contributed by atoms with Gasteiger partial charge in [-0.1, -0.05) is 25.4 Å². The van der Waals surface area contributed by atoms with Crippen molar-refractivity contribution in [2.75, 3.05) is 0 Å². The number of aromatic hydroxyl groups is 2. The van der Waals surface area contributed by atoms with Gasteiger partial charge in [0.15, 0.2) is 12.2 Å². The molecule has 0 atom stereocenters. The number of benzene rings is 2. The third-order valence-electron chi connectivity index (χ3n) is 3.70. The van der Waals surface area contributed by atoms with E-state index in [0.29, 0.717) is 22.0 Å². The van der Waals surface area contributed by atoms with Gasteiger partial charge in [-0.2, -0.15) is 0 Å². The highest BCUT2D eigenvalue weighted by atomic mass is 35.5. The maximum absolute atomic E-state index is 10.2. The van der Waals surface area contributed by atoms with E-state index >= 15 is 0 Å². The Bertz CT molecular complexity index is 838. The van der Waals surface area contributed by atoms with Crippen LogP contribution in [0.2, 0.25) is 5.02 Å². The largest absolute Gasteiger partial charge is 0.508 e. The molecule has 118 valence electrons. The normalized spacial score (nSPS) is 11.1. The molecule has 4 nitrogen and oxygen atoms in total. The van der Waals surface area contributed by atoms with Crippen LogP contribution in [-0.4, -0.2) is 15.2 Å². The summed E-state index contributed by atoms with van der Waals surface area (Å²) in [5.74, 6) is 0.673. The lowest BCUT2D eigenvalue weighted by molar-refractivity contribution is 0.445.